The Hall–Kier alpha value is -1.07. The maximum atomic E-state index is 11.3. The molecule has 1 fully saturated rings. The van der Waals surface area contributed by atoms with E-state index in [0.29, 0.717) is 13.2 Å². The first-order chi connectivity index (χ1) is 8.97. The van der Waals surface area contributed by atoms with Gasteiger partial charge in [-0.2, -0.15) is 0 Å². The maximum absolute atomic E-state index is 11.3. The van der Waals surface area contributed by atoms with Crippen LogP contribution in [0.5, 0.6) is 0 Å². The number of amides is 1. The van der Waals surface area contributed by atoms with Gasteiger partial charge in [-0.3, -0.25) is 0 Å². The predicted molar refractivity (Wildman–Crippen MR) is 72.9 cm³/mol. The molecule has 0 spiro atoms. The molecule has 1 atom stereocenters. The lowest BCUT2D eigenvalue weighted by Gasteiger charge is -2.21. The molecular weight excluding hydrogens is 246 g/mol. The van der Waals surface area contributed by atoms with Gasteiger partial charge < -0.3 is 19.5 Å². The molecule has 1 heterocycles. The van der Waals surface area contributed by atoms with Crippen LogP contribution in [0.2, 0.25) is 0 Å². The predicted octanol–water partition coefficient (Wildman–Crippen LogP) is 2.61. The van der Waals surface area contributed by atoms with Gasteiger partial charge in [-0.25, -0.2) is 4.79 Å². The number of ether oxygens (including phenoxy) is 3. The van der Waals surface area contributed by atoms with Crippen molar-refractivity contribution in [3.8, 4) is 0 Å². The van der Waals surface area contributed by atoms with Gasteiger partial charge in [0.1, 0.15) is 5.60 Å². The molecule has 5 heteroatoms. The second-order valence-corrected chi connectivity index (χ2v) is 5.48. The average Bonchev–Trinajstić information content (AvgIpc) is 2.32. The van der Waals surface area contributed by atoms with Gasteiger partial charge in [0.05, 0.1) is 6.61 Å². The third-order valence-electron chi connectivity index (χ3n) is 2.45. The lowest BCUT2D eigenvalue weighted by atomic mass is 10.2. The van der Waals surface area contributed by atoms with Crippen molar-refractivity contribution in [2.45, 2.75) is 51.9 Å². The first kappa shape index (κ1) is 16.0. The van der Waals surface area contributed by atoms with Gasteiger partial charge in [0.2, 0.25) is 0 Å². The molecular formula is C14H25NO4. The van der Waals surface area contributed by atoms with Crippen molar-refractivity contribution in [3.63, 3.8) is 0 Å². The highest BCUT2D eigenvalue weighted by atomic mass is 16.7. The highest BCUT2D eigenvalue weighted by Crippen LogP contribution is 2.13. The van der Waals surface area contributed by atoms with E-state index in [0.717, 1.165) is 25.9 Å². The van der Waals surface area contributed by atoms with E-state index in [-0.39, 0.29) is 6.29 Å². The van der Waals surface area contributed by atoms with Crippen LogP contribution in [0.25, 0.3) is 0 Å². The highest BCUT2D eigenvalue weighted by Gasteiger charge is 2.15. The summed E-state index contributed by atoms with van der Waals surface area (Å²) in [7, 11) is 0. The monoisotopic (exact) mass is 271 g/mol. The molecule has 1 rings (SSSR count). The SMILES string of the molecule is CC(C)(C)OC(=O)NC/C=C/COC1CCCCO1. The normalized spacial score (nSPS) is 20.5. The Morgan fingerprint density at radius 2 is 2.16 bits per heavy atom. The quantitative estimate of drug-likeness (QED) is 0.781. The molecule has 1 N–H and O–H groups in total. The van der Waals surface area contributed by atoms with Crippen LogP contribution in [0, 0.1) is 0 Å². The van der Waals surface area contributed by atoms with Crippen LogP contribution >= 0.6 is 0 Å². The Bertz CT molecular complexity index is 290. The van der Waals surface area contributed by atoms with E-state index < -0.39 is 11.7 Å². The molecule has 5 nitrogen and oxygen atoms in total. The van der Waals surface area contributed by atoms with Crippen LogP contribution in [0.4, 0.5) is 4.79 Å². The Labute approximate surface area is 115 Å². The van der Waals surface area contributed by atoms with Crippen molar-refractivity contribution >= 4 is 6.09 Å². The number of carbonyl (C=O) groups is 1. The third kappa shape index (κ3) is 8.61. The average molecular weight is 271 g/mol. The molecule has 110 valence electrons. The summed E-state index contributed by atoms with van der Waals surface area (Å²) in [5.41, 5.74) is -0.463. The van der Waals surface area contributed by atoms with E-state index in [2.05, 4.69) is 5.32 Å². The number of hydrogen-bond acceptors (Lipinski definition) is 4. The maximum Gasteiger partial charge on any atom is 0.407 e. The summed E-state index contributed by atoms with van der Waals surface area (Å²) in [5.74, 6) is 0. The summed E-state index contributed by atoms with van der Waals surface area (Å²) in [5, 5.41) is 2.64. The van der Waals surface area contributed by atoms with E-state index in [1.165, 1.54) is 0 Å². The lowest BCUT2D eigenvalue weighted by Crippen LogP contribution is -2.32. The molecule has 1 amide bonds. The standard InChI is InChI=1S/C14H25NO4/c1-14(2,3)19-13(16)15-9-5-7-11-18-12-8-4-6-10-17-12/h5,7,12H,4,6,8-11H2,1-3H3,(H,15,16)/b7-5+. The van der Waals surface area contributed by atoms with E-state index >= 15 is 0 Å². The van der Waals surface area contributed by atoms with E-state index in [1.54, 1.807) is 0 Å². The third-order valence-corrected chi connectivity index (χ3v) is 2.45. The minimum absolute atomic E-state index is 0.0720. The largest absolute Gasteiger partial charge is 0.444 e. The molecule has 0 bridgehead atoms. The fourth-order valence-electron chi connectivity index (χ4n) is 1.61. The van der Waals surface area contributed by atoms with Crippen LogP contribution < -0.4 is 5.32 Å². The number of nitrogens with one attached hydrogen (secondary N) is 1. The number of rotatable bonds is 5. The number of alkyl carbamates (subject to hydrolysis) is 1. The van der Waals surface area contributed by atoms with Crippen LogP contribution in [-0.4, -0.2) is 37.7 Å². The van der Waals surface area contributed by atoms with Crippen molar-refractivity contribution in [3.05, 3.63) is 12.2 Å². The second-order valence-electron chi connectivity index (χ2n) is 5.48. The van der Waals surface area contributed by atoms with Gasteiger partial charge in [0.25, 0.3) is 0 Å². The smallest absolute Gasteiger partial charge is 0.407 e. The zero-order chi connectivity index (χ0) is 14.1. The van der Waals surface area contributed by atoms with Gasteiger partial charge in [-0.1, -0.05) is 12.2 Å². The topological polar surface area (TPSA) is 56.8 Å². The molecule has 0 aliphatic carbocycles. The zero-order valence-corrected chi connectivity index (χ0v) is 12.1. The molecule has 1 unspecified atom stereocenters. The van der Waals surface area contributed by atoms with Gasteiger partial charge in [-0.05, 0) is 40.0 Å². The Balaban J connectivity index is 2.02. The zero-order valence-electron chi connectivity index (χ0n) is 12.1. The van der Waals surface area contributed by atoms with Crippen LogP contribution in [0.15, 0.2) is 12.2 Å². The second kappa shape index (κ2) is 8.17. The molecule has 0 saturated carbocycles. The summed E-state index contributed by atoms with van der Waals surface area (Å²) in [4.78, 5) is 11.3. The lowest BCUT2D eigenvalue weighted by molar-refractivity contribution is -0.155. The fraction of sp³-hybridized carbons (Fsp3) is 0.786. The van der Waals surface area contributed by atoms with Crippen molar-refractivity contribution in [1.82, 2.24) is 5.32 Å². The van der Waals surface area contributed by atoms with Gasteiger partial charge in [0, 0.05) is 13.2 Å². The minimum atomic E-state index is -0.463. The van der Waals surface area contributed by atoms with E-state index in [4.69, 9.17) is 14.2 Å². The van der Waals surface area contributed by atoms with Gasteiger partial charge in [-0.15, -0.1) is 0 Å². The Kier molecular flexibility index (Phi) is 6.87. The molecule has 0 radical (unpaired) electrons. The first-order valence-electron chi connectivity index (χ1n) is 6.82. The number of carbonyl (C=O) groups excluding carboxylic acids is 1. The molecule has 1 saturated heterocycles. The van der Waals surface area contributed by atoms with Crippen LogP contribution in [-0.2, 0) is 14.2 Å². The minimum Gasteiger partial charge on any atom is -0.444 e. The summed E-state index contributed by atoms with van der Waals surface area (Å²) >= 11 is 0. The molecule has 0 aromatic carbocycles. The van der Waals surface area contributed by atoms with Gasteiger partial charge >= 0.3 is 6.09 Å². The van der Waals surface area contributed by atoms with Crippen LogP contribution in [0.1, 0.15) is 40.0 Å². The van der Waals surface area contributed by atoms with Crippen molar-refractivity contribution in [1.29, 1.82) is 0 Å². The summed E-state index contributed by atoms with van der Waals surface area (Å²) in [6, 6.07) is 0. The van der Waals surface area contributed by atoms with E-state index in [1.807, 2.05) is 32.9 Å². The molecule has 1 aliphatic heterocycles. The molecule has 0 aromatic rings. The Morgan fingerprint density at radius 3 is 2.79 bits per heavy atom. The molecule has 0 aromatic heterocycles. The van der Waals surface area contributed by atoms with E-state index in [9.17, 15) is 4.79 Å². The first-order valence-corrected chi connectivity index (χ1v) is 6.82. The molecule has 19 heavy (non-hydrogen) atoms. The van der Waals surface area contributed by atoms with Crippen LogP contribution in [0.3, 0.4) is 0 Å². The highest BCUT2D eigenvalue weighted by molar-refractivity contribution is 5.67. The Morgan fingerprint density at radius 1 is 1.37 bits per heavy atom. The summed E-state index contributed by atoms with van der Waals surface area (Å²) in [6.07, 6.45) is 6.47. The molecule has 1 aliphatic rings. The van der Waals surface area contributed by atoms with Crippen molar-refractivity contribution in [2.75, 3.05) is 19.8 Å². The summed E-state index contributed by atoms with van der Waals surface area (Å²) < 4.78 is 16.1. The van der Waals surface area contributed by atoms with Gasteiger partial charge in [0.15, 0.2) is 6.29 Å². The fourth-order valence-corrected chi connectivity index (χ4v) is 1.61. The van der Waals surface area contributed by atoms with Crippen molar-refractivity contribution < 1.29 is 19.0 Å². The van der Waals surface area contributed by atoms with Crippen molar-refractivity contribution in [2.24, 2.45) is 0 Å². The number of hydrogen-bond donors (Lipinski definition) is 1. The summed E-state index contributed by atoms with van der Waals surface area (Å²) in [6.45, 7) is 7.22.